The molecule has 1 spiro atoms. The number of hydrazone groups is 1. The number of rotatable bonds is 3. The van der Waals surface area contributed by atoms with E-state index in [4.69, 9.17) is 21.1 Å². The third-order valence-corrected chi connectivity index (χ3v) is 6.88. The van der Waals surface area contributed by atoms with E-state index in [0.717, 1.165) is 44.9 Å². The molecular formula is C22H22ClN3O6. The maximum atomic E-state index is 13.2. The maximum absolute atomic E-state index is 13.2. The topological polar surface area (TPSA) is 114 Å². The Morgan fingerprint density at radius 1 is 0.938 bits per heavy atom. The van der Waals surface area contributed by atoms with Crippen LogP contribution in [0.3, 0.4) is 0 Å². The molecule has 2 aliphatic heterocycles. The van der Waals surface area contributed by atoms with Crippen LogP contribution >= 0.6 is 11.6 Å². The van der Waals surface area contributed by atoms with Gasteiger partial charge in [-0.15, -0.1) is 0 Å². The lowest BCUT2D eigenvalue weighted by molar-refractivity contribution is -0.225. The molecule has 1 aromatic rings. The third kappa shape index (κ3) is 3.35. The Bertz CT molecular complexity index is 1030. The van der Waals surface area contributed by atoms with Gasteiger partial charge in [0.2, 0.25) is 0 Å². The second-order valence-corrected chi connectivity index (χ2v) is 8.99. The lowest BCUT2D eigenvalue weighted by Crippen LogP contribution is -2.49. The molecule has 2 aliphatic carbocycles. The molecule has 4 aliphatic rings. The Labute approximate surface area is 189 Å². The van der Waals surface area contributed by atoms with Crippen molar-refractivity contribution in [2.75, 3.05) is 5.43 Å². The van der Waals surface area contributed by atoms with E-state index in [1.54, 1.807) is 0 Å². The largest absolute Gasteiger partial charge is 0.417 e. The Morgan fingerprint density at radius 3 is 2.25 bits per heavy atom. The van der Waals surface area contributed by atoms with Crippen LogP contribution in [0.5, 0.6) is 0 Å². The number of nitrogens with zero attached hydrogens (tertiary/aromatic N) is 2. The Hall–Kier alpha value is -2.94. The molecule has 2 amide bonds. The van der Waals surface area contributed by atoms with Crippen molar-refractivity contribution in [3.63, 3.8) is 0 Å². The fourth-order valence-corrected chi connectivity index (χ4v) is 5.16. The standard InChI is InChI=1S/C22H22ClN3O6/c23-14-9-8-13-15(19(28)26(18(13)27)12-6-2-1-3-7-12)16(14)24-25-17-20(29)31-22(32-21(17)30)10-4-5-11-22/h8-9,12,24H,1-7,10-11H2. The molecule has 2 heterocycles. The monoisotopic (exact) mass is 459 g/mol. The number of carbonyl (C=O) groups excluding carboxylic acids is 4. The van der Waals surface area contributed by atoms with E-state index in [1.165, 1.54) is 17.0 Å². The first kappa shape index (κ1) is 20.9. The van der Waals surface area contributed by atoms with Crippen LogP contribution in [0.2, 0.25) is 5.02 Å². The quantitative estimate of drug-likeness (QED) is 0.418. The molecule has 0 bridgehead atoms. The van der Waals surface area contributed by atoms with Crippen molar-refractivity contribution < 1.29 is 28.7 Å². The van der Waals surface area contributed by atoms with E-state index in [2.05, 4.69) is 10.5 Å². The predicted molar refractivity (Wildman–Crippen MR) is 113 cm³/mol. The number of hydrogen-bond donors (Lipinski definition) is 1. The van der Waals surface area contributed by atoms with Crippen molar-refractivity contribution in [2.45, 2.75) is 69.6 Å². The number of esters is 2. The van der Waals surface area contributed by atoms with Gasteiger partial charge in [-0.25, -0.2) is 9.59 Å². The predicted octanol–water partition coefficient (Wildman–Crippen LogP) is 3.41. The van der Waals surface area contributed by atoms with Crippen LogP contribution in [-0.2, 0) is 19.1 Å². The fourth-order valence-electron chi connectivity index (χ4n) is 4.96. The number of amides is 2. The molecule has 3 fully saturated rings. The average molecular weight is 460 g/mol. The maximum Gasteiger partial charge on any atom is 0.369 e. The summed E-state index contributed by atoms with van der Waals surface area (Å²) in [6, 6.07) is 2.83. The number of nitrogens with one attached hydrogen (secondary N) is 1. The first-order valence-corrected chi connectivity index (χ1v) is 11.3. The highest BCUT2D eigenvalue weighted by Gasteiger charge is 2.49. The number of anilines is 1. The second-order valence-electron chi connectivity index (χ2n) is 8.59. The summed E-state index contributed by atoms with van der Waals surface area (Å²) in [5, 5.41) is 3.99. The van der Waals surface area contributed by atoms with Crippen LogP contribution < -0.4 is 5.43 Å². The molecule has 0 radical (unpaired) electrons. The summed E-state index contributed by atoms with van der Waals surface area (Å²) in [6.07, 6.45) is 7.05. The molecule has 1 aromatic carbocycles. The first-order chi connectivity index (χ1) is 15.4. The summed E-state index contributed by atoms with van der Waals surface area (Å²) in [6.45, 7) is 0. The van der Waals surface area contributed by atoms with E-state index in [9.17, 15) is 19.2 Å². The van der Waals surface area contributed by atoms with E-state index in [-0.39, 0.29) is 33.8 Å². The number of hydrogen-bond acceptors (Lipinski definition) is 8. The van der Waals surface area contributed by atoms with Gasteiger partial charge in [0.15, 0.2) is 0 Å². The Balaban J connectivity index is 1.43. The summed E-state index contributed by atoms with van der Waals surface area (Å²) in [5.74, 6) is -3.83. The molecule has 0 atom stereocenters. The Morgan fingerprint density at radius 2 is 1.59 bits per heavy atom. The zero-order valence-corrected chi connectivity index (χ0v) is 18.1. The minimum absolute atomic E-state index is 0.0649. The van der Waals surface area contributed by atoms with Gasteiger partial charge in [-0.05, 0) is 37.8 Å². The number of carbonyl (C=O) groups is 4. The molecule has 1 saturated heterocycles. The minimum atomic E-state index is -1.21. The number of imide groups is 1. The highest BCUT2D eigenvalue weighted by molar-refractivity contribution is 6.63. The van der Waals surface area contributed by atoms with Crippen molar-refractivity contribution in [3.8, 4) is 0 Å². The molecule has 10 heteroatoms. The van der Waals surface area contributed by atoms with Crippen molar-refractivity contribution in [1.29, 1.82) is 0 Å². The molecule has 2 saturated carbocycles. The van der Waals surface area contributed by atoms with Crippen LogP contribution in [0.1, 0.15) is 78.5 Å². The van der Waals surface area contributed by atoms with Gasteiger partial charge < -0.3 is 9.47 Å². The molecule has 5 rings (SSSR count). The van der Waals surface area contributed by atoms with Gasteiger partial charge in [0, 0.05) is 18.9 Å². The molecule has 168 valence electrons. The van der Waals surface area contributed by atoms with Gasteiger partial charge in [0.1, 0.15) is 0 Å². The summed E-state index contributed by atoms with van der Waals surface area (Å²) in [7, 11) is 0. The highest BCUT2D eigenvalue weighted by Crippen LogP contribution is 2.39. The summed E-state index contributed by atoms with van der Waals surface area (Å²) in [5.41, 5.74) is 2.34. The molecule has 32 heavy (non-hydrogen) atoms. The molecule has 0 aromatic heterocycles. The normalized spacial score (nSPS) is 22.8. The zero-order valence-electron chi connectivity index (χ0n) is 17.3. The zero-order chi connectivity index (χ0) is 22.5. The van der Waals surface area contributed by atoms with Crippen molar-refractivity contribution in [1.82, 2.24) is 4.90 Å². The highest BCUT2D eigenvalue weighted by atomic mass is 35.5. The number of benzene rings is 1. The van der Waals surface area contributed by atoms with Crippen LogP contribution in [0.15, 0.2) is 17.2 Å². The van der Waals surface area contributed by atoms with E-state index >= 15 is 0 Å². The smallest absolute Gasteiger partial charge is 0.369 e. The molecule has 1 N–H and O–H groups in total. The van der Waals surface area contributed by atoms with Gasteiger partial charge in [-0.3, -0.25) is 19.9 Å². The van der Waals surface area contributed by atoms with E-state index in [1.807, 2.05) is 0 Å². The van der Waals surface area contributed by atoms with Gasteiger partial charge in [0.05, 0.1) is 21.8 Å². The third-order valence-electron chi connectivity index (χ3n) is 6.57. The fraction of sp³-hybridized carbons (Fsp3) is 0.500. The summed E-state index contributed by atoms with van der Waals surface area (Å²) in [4.78, 5) is 52.3. The van der Waals surface area contributed by atoms with E-state index < -0.39 is 29.3 Å². The van der Waals surface area contributed by atoms with Gasteiger partial charge in [0.25, 0.3) is 23.3 Å². The van der Waals surface area contributed by atoms with Crippen LogP contribution in [0.25, 0.3) is 0 Å². The lowest BCUT2D eigenvalue weighted by atomic mass is 9.94. The van der Waals surface area contributed by atoms with Gasteiger partial charge in [-0.2, -0.15) is 5.10 Å². The average Bonchev–Trinajstić information content (AvgIpc) is 3.31. The lowest BCUT2D eigenvalue weighted by Gasteiger charge is -2.32. The van der Waals surface area contributed by atoms with Crippen LogP contribution in [-0.4, -0.2) is 46.2 Å². The number of halogens is 1. The SMILES string of the molecule is O=C1OC2(CCCC2)OC(=O)C1=NNc1c(Cl)ccc2c1C(=O)N(C1CCCCC1)C2=O. The first-order valence-electron chi connectivity index (χ1n) is 10.9. The van der Waals surface area contributed by atoms with Crippen LogP contribution in [0.4, 0.5) is 5.69 Å². The molecule has 9 nitrogen and oxygen atoms in total. The van der Waals surface area contributed by atoms with Gasteiger partial charge in [-0.1, -0.05) is 30.9 Å². The molecular weight excluding hydrogens is 438 g/mol. The summed E-state index contributed by atoms with van der Waals surface area (Å²) < 4.78 is 10.7. The Kier molecular flexibility index (Phi) is 5.16. The van der Waals surface area contributed by atoms with Crippen molar-refractivity contribution >= 4 is 46.8 Å². The minimum Gasteiger partial charge on any atom is -0.417 e. The van der Waals surface area contributed by atoms with Crippen LogP contribution in [0, 0.1) is 0 Å². The number of fused-ring (bicyclic) bond motifs is 1. The van der Waals surface area contributed by atoms with Crippen molar-refractivity contribution in [3.05, 3.63) is 28.3 Å². The van der Waals surface area contributed by atoms with Crippen molar-refractivity contribution in [2.24, 2.45) is 5.10 Å². The van der Waals surface area contributed by atoms with Gasteiger partial charge >= 0.3 is 11.9 Å². The number of ether oxygens (including phenoxy) is 2. The second kappa shape index (κ2) is 7.88. The van der Waals surface area contributed by atoms with E-state index in [0.29, 0.717) is 12.8 Å². The summed E-state index contributed by atoms with van der Waals surface area (Å²) >= 11 is 6.30. The molecule has 0 unspecified atom stereocenters.